The highest BCUT2D eigenvalue weighted by Gasteiger charge is 2.32. The van der Waals surface area contributed by atoms with Crippen molar-refractivity contribution in [2.45, 2.75) is 24.7 Å². The maximum absolute atomic E-state index is 12.6. The van der Waals surface area contributed by atoms with E-state index in [0.717, 1.165) is 12.0 Å². The summed E-state index contributed by atoms with van der Waals surface area (Å²) in [5.74, 6) is 0.238. The molecule has 1 aliphatic heterocycles. The first kappa shape index (κ1) is 16.4. The SMILES string of the molecule is Cc1cc(S(=O)(=O)N2CCC(CCO)C2)ccc1C(N)=S. The molecule has 1 aromatic carbocycles. The molecular formula is C14H20N2O3S2. The summed E-state index contributed by atoms with van der Waals surface area (Å²) in [7, 11) is -3.49. The van der Waals surface area contributed by atoms with Crippen molar-refractivity contribution in [3.63, 3.8) is 0 Å². The fourth-order valence-electron chi connectivity index (χ4n) is 2.66. The second-order valence-electron chi connectivity index (χ2n) is 5.37. The van der Waals surface area contributed by atoms with Gasteiger partial charge in [0, 0.05) is 25.3 Å². The number of nitrogens with two attached hydrogens (primary N) is 1. The normalized spacial score (nSPS) is 19.8. The molecular weight excluding hydrogens is 308 g/mol. The lowest BCUT2D eigenvalue weighted by Gasteiger charge is -2.17. The van der Waals surface area contributed by atoms with E-state index in [2.05, 4.69) is 0 Å². The van der Waals surface area contributed by atoms with Crippen molar-refractivity contribution in [3.05, 3.63) is 29.3 Å². The molecule has 116 valence electrons. The average Bonchev–Trinajstić information content (AvgIpc) is 2.88. The third kappa shape index (κ3) is 3.42. The van der Waals surface area contributed by atoms with E-state index in [1.807, 2.05) is 0 Å². The molecule has 7 heteroatoms. The molecule has 21 heavy (non-hydrogen) atoms. The van der Waals surface area contributed by atoms with Crippen LogP contribution in [0.4, 0.5) is 0 Å². The highest BCUT2D eigenvalue weighted by molar-refractivity contribution is 7.89. The van der Waals surface area contributed by atoms with Crippen LogP contribution < -0.4 is 5.73 Å². The number of aliphatic hydroxyl groups excluding tert-OH is 1. The van der Waals surface area contributed by atoms with Crippen LogP contribution in [0.25, 0.3) is 0 Å². The van der Waals surface area contributed by atoms with Gasteiger partial charge in [0.2, 0.25) is 10.0 Å². The van der Waals surface area contributed by atoms with Crippen molar-refractivity contribution in [2.24, 2.45) is 11.7 Å². The molecule has 0 amide bonds. The van der Waals surface area contributed by atoms with Crippen molar-refractivity contribution in [3.8, 4) is 0 Å². The van der Waals surface area contributed by atoms with Crippen LogP contribution in [-0.4, -0.2) is 42.5 Å². The molecule has 3 N–H and O–H groups in total. The van der Waals surface area contributed by atoms with Crippen LogP contribution in [0, 0.1) is 12.8 Å². The average molecular weight is 328 g/mol. The Morgan fingerprint density at radius 3 is 2.81 bits per heavy atom. The van der Waals surface area contributed by atoms with E-state index in [0.29, 0.717) is 25.1 Å². The Labute approximate surface area is 130 Å². The van der Waals surface area contributed by atoms with Gasteiger partial charge in [-0.3, -0.25) is 0 Å². The van der Waals surface area contributed by atoms with Crippen molar-refractivity contribution in [1.82, 2.24) is 4.31 Å². The zero-order valence-corrected chi connectivity index (χ0v) is 13.6. The Morgan fingerprint density at radius 1 is 1.52 bits per heavy atom. The largest absolute Gasteiger partial charge is 0.396 e. The number of sulfonamides is 1. The summed E-state index contributed by atoms with van der Waals surface area (Å²) in [5, 5.41) is 8.96. The Balaban J connectivity index is 2.24. The minimum Gasteiger partial charge on any atom is -0.396 e. The number of aliphatic hydroxyl groups is 1. The van der Waals surface area contributed by atoms with Crippen molar-refractivity contribution < 1.29 is 13.5 Å². The lowest BCUT2D eigenvalue weighted by atomic mass is 10.1. The fraction of sp³-hybridized carbons (Fsp3) is 0.500. The van der Waals surface area contributed by atoms with Gasteiger partial charge < -0.3 is 10.8 Å². The van der Waals surface area contributed by atoms with Crippen LogP contribution in [0.5, 0.6) is 0 Å². The molecule has 1 unspecified atom stereocenters. The number of benzene rings is 1. The molecule has 1 fully saturated rings. The monoisotopic (exact) mass is 328 g/mol. The van der Waals surface area contributed by atoms with E-state index in [-0.39, 0.29) is 22.4 Å². The van der Waals surface area contributed by atoms with Crippen molar-refractivity contribution >= 4 is 27.2 Å². The molecule has 0 spiro atoms. The van der Waals surface area contributed by atoms with Gasteiger partial charge in [0.05, 0.1) is 4.90 Å². The summed E-state index contributed by atoms with van der Waals surface area (Å²) in [5.41, 5.74) is 7.05. The lowest BCUT2D eigenvalue weighted by Crippen LogP contribution is -2.29. The molecule has 1 atom stereocenters. The molecule has 1 saturated heterocycles. The predicted octanol–water partition coefficient (Wildman–Crippen LogP) is 1.02. The van der Waals surface area contributed by atoms with Gasteiger partial charge in [0.1, 0.15) is 4.99 Å². The second kappa shape index (κ2) is 6.39. The maximum atomic E-state index is 12.6. The summed E-state index contributed by atoms with van der Waals surface area (Å²) in [6.45, 7) is 2.87. The van der Waals surface area contributed by atoms with E-state index in [1.54, 1.807) is 25.1 Å². The highest BCUT2D eigenvalue weighted by Crippen LogP contribution is 2.27. The molecule has 0 aromatic heterocycles. The van der Waals surface area contributed by atoms with Crippen LogP contribution in [0.15, 0.2) is 23.1 Å². The number of nitrogens with zero attached hydrogens (tertiary/aromatic N) is 1. The molecule has 1 aromatic rings. The van der Waals surface area contributed by atoms with Crippen LogP contribution >= 0.6 is 12.2 Å². The minimum absolute atomic E-state index is 0.0975. The van der Waals surface area contributed by atoms with Gasteiger partial charge in [-0.15, -0.1) is 0 Å². The Morgan fingerprint density at radius 2 is 2.24 bits per heavy atom. The van der Waals surface area contributed by atoms with Gasteiger partial charge in [-0.1, -0.05) is 18.3 Å². The molecule has 1 heterocycles. The maximum Gasteiger partial charge on any atom is 0.243 e. The second-order valence-corrected chi connectivity index (χ2v) is 7.75. The van der Waals surface area contributed by atoms with Crippen LogP contribution in [0.2, 0.25) is 0 Å². The summed E-state index contributed by atoms with van der Waals surface area (Å²) in [6, 6.07) is 4.82. The van der Waals surface area contributed by atoms with E-state index >= 15 is 0 Å². The molecule has 0 bridgehead atoms. The molecule has 2 rings (SSSR count). The van der Waals surface area contributed by atoms with Crippen LogP contribution in [-0.2, 0) is 10.0 Å². The number of aryl methyl sites for hydroxylation is 1. The third-order valence-corrected chi connectivity index (χ3v) is 5.97. The molecule has 1 aliphatic rings. The molecule has 0 saturated carbocycles. The van der Waals surface area contributed by atoms with Gasteiger partial charge >= 0.3 is 0 Å². The van der Waals surface area contributed by atoms with E-state index in [9.17, 15) is 8.42 Å². The van der Waals surface area contributed by atoms with Crippen molar-refractivity contribution in [1.29, 1.82) is 0 Å². The molecule has 5 nitrogen and oxygen atoms in total. The summed E-state index contributed by atoms with van der Waals surface area (Å²) in [6.07, 6.45) is 1.44. The smallest absolute Gasteiger partial charge is 0.243 e. The van der Waals surface area contributed by atoms with Gasteiger partial charge in [-0.25, -0.2) is 8.42 Å². The standard InChI is InChI=1S/C14H20N2O3S2/c1-10-8-12(2-3-13(10)14(15)20)21(18,19)16-6-4-11(9-16)5-7-17/h2-3,8,11,17H,4-7,9H2,1H3,(H2,15,20). The van der Waals surface area contributed by atoms with Crippen LogP contribution in [0.3, 0.4) is 0 Å². The number of rotatable bonds is 5. The van der Waals surface area contributed by atoms with Gasteiger partial charge in [-0.2, -0.15) is 4.31 Å². The summed E-state index contributed by atoms with van der Waals surface area (Å²) >= 11 is 4.93. The molecule has 0 radical (unpaired) electrons. The predicted molar refractivity (Wildman–Crippen MR) is 85.6 cm³/mol. The number of hydrogen-bond donors (Lipinski definition) is 2. The third-order valence-electron chi connectivity index (χ3n) is 3.89. The first-order valence-corrected chi connectivity index (χ1v) is 8.72. The topological polar surface area (TPSA) is 83.6 Å². The Kier molecular flexibility index (Phi) is 4.98. The lowest BCUT2D eigenvalue weighted by molar-refractivity contribution is 0.259. The number of hydrogen-bond acceptors (Lipinski definition) is 4. The Bertz CT molecular complexity index is 644. The first-order chi connectivity index (χ1) is 9.86. The first-order valence-electron chi connectivity index (χ1n) is 6.87. The number of thiocarbonyl (C=S) groups is 1. The van der Waals surface area contributed by atoms with Crippen molar-refractivity contribution in [2.75, 3.05) is 19.7 Å². The summed E-state index contributed by atoms with van der Waals surface area (Å²) < 4.78 is 26.7. The van der Waals surface area contributed by atoms with E-state index in [1.165, 1.54) is 4.31 Å². The fourth-order valence-corrected chi connectivity index (χ4v) is 4.50. The van der Waals surface area contributed by atoms with Gasteiger partial charge in [-0.05, 0) is 43.4 Å². The van der Waals surface area contributed by atoms with Crippen LogP contribution in [0.1, 0.15) is 24.0 Å². The zero-order valence-electron chi connectivity index (χ0n) is 11.9. The van der Waals surface area contributed by atoms with E-state index < -0.39 is 10.0 Å². The quantitative estimate of drug-likeness (QED) is 0.789. The summed E-state index contributed by atoms with van der Waals surface area (Å²) in [4.78, 5) is 0.533. The Hall–Kier alpha value is -1.02. The van der Waals surface area contributed by atoms with Gasteiger partial charge in [0.15, 0.2) is 0 Å². The zero-order chi connectivity index (χ0) is 15.6. The highest BCUT2D eigenvalue weighted by atomic mass is 32.2. The minimum atomic E-state index is -3.49. The molecule has 0 aliphatic carbocycles. The van der Waals surface area contributed by atoms with Gasteiger partial charge in [0.25, 0.3) is 0 Å². The van der Waals surface area contributed by atoms with E-state index in [4.69, 9.17) is 23.1 Å².